The maximum atomic E-state index is 11.4. The Morgan fingerprint density at radius 2 is 2.05 bits per heavy atom. The third-order valence-electron chi connectivity index (χ3n) is 2.46. The molecule has 4 nitrogen and oxygen atoms in total. The Kier molecular flexibility index (Phi) is 4.16. The average Bonchev–Trinajstić information content (AvgIpc) is 2.41. The first kappa shape index (κ1) is 13.5. The van der Waals surface area contributed by atoms with E-state index in [1.165, 1.54) is 19.4 Å². The lowest BCUT2D eigenvalue weighted by molar-refractivity contribution is 0.0600. The summed E-state index contributed by atoms with van der Waals surface area (Å²) in [5.74, 6) is 0.558. The van der Waals surface area contributed by atoms with Crippen LogP contribution in [0.4, 0.5) is 0 Å². The molecule has 0 amide bonds. The fraction of sp³-hybridized carbons (Fsp3) is 0.143. The van der Waals surface area contributed by atoms with Crippen molar-refractivity contribution in [2.24, 2.45) is 0 Å². The molecular weight excluding hydrogens is 310 g/mol. The molecule has 1 heterocycles. The highest BCUT2D eigenvalue weighted by Gasteiger charge is 2.09. The number of esters is 1. The van der Waals surface area contributed by atoms with Crippen molar-refractivity contribution < 1.29 is 14.3 Å². The Morgan fingerprint density at radius 1 is 1.26 bits per heavy atom. The van der Waals surface area contributed by atoms with Crippen LogP contribution in [-0.4, -0.2) is 18.1 Å². The number of hydrogen-bond acceptors (Lipinski definition) is 4. The van der Waals surface area contributed by atoms with E-state index < -0.39 is 5.97 Å². The molecule has 0 saturated heterocycles. The molecule has 2 rings (SSSR count). The fourth-order valence-electron chi connectivity index (χ4n) is 1.51. The topological polar surface area (TPSA) is 48.4 Å². The predicted octanol–water partition coefficient (Wildman–Crippen LogP) is 3.73. The van der Waals surface area contributed by atoms with Gasteiger partial charge in [-0.1, -0.05) is 6.07 Å². The van der Waals surface area contributed by atoms with Gasteiger partial charge in [0.1, 0.15) is 5.75 Å². The number of benzene rings is 1. The molecule has 0 aliphatic heterocycles. The molecule has 0 spiro atoms. The van der Waals surface area contributed by atoms with Crippen LogP contribution >= 0.6 is 15.9 Å². The van der Waals surface area contributed by atoms with Crippen LogP contribution in [0.3, 0.4) is 0 Å². The van der Waals surface area contributed by atoms with Gasteiger partial charge in [-0.05, 0) is 46.6 Å². The first-order valence-electron chi connectivity index (χ1n) is 5.58. The molecule has 0 saturated carbocycles. The molecule has 19 heavy (non-hydrogen) atoms. The van der Waals surface area contributed by atoms with E-state index >= 15 is 0 Å². The van der Waals surface area contributed by atoms with Gasteiger partial charge in [0.25, 0.3) is 0 Å². The Bertz CT molecular complexity index is 613. The monoisotopic (exact) mass is 321 g/mol. The van der Waals surface area contributed by atoms with Crippen LogP contribution in [0.15, 0.2) is 41.0 Å². The van der Waals surface area contributed by atoms with Crippen molar-refractivity contribution in [3.63, 3.8) is 0 Å². The van der Waals surface area contributed by atoms with E-state index in [1.54, 1.807) is 6.07 Å². The van der Waals surface area contributed by atoms with Crippen LogP contribution in [0.1, 0.15) is 15.9 Å². The molecule has 0 aliphatic carbocycles. The summed E-state index contributed by atoms with van der Waals surface area (Å²) in [6.07, 6.45) is 1.50. The van der Waals surface area contributed by atoms with Crippen molar-refractivity contribution >= 4 is 21.9 Å². The van der Waals surface area contributed by atoms with Crippen LogP contribution < -0.4 is 4.74 Å². The Hall–Kier alpha value is -1.88. The van der Waals surface area contributed by atoms with E-state index in [9.17, 15) is 4.79 Å². The zero-order valence-electron chi connectivity index (χ0n) is 10.5. The first-order valence-corrected chi connectivity index (χ1v) is 6.38. The average molecular weight is 322 g/mol. The third kappa shape index (κ3) is 3.32. The summed E-state index contributed by atoms with van der Waals surface area (Å²) in [5, 5.41) is 0. The lowest BCUT2D eigenvalue weighted by Crippen LogP contribution is -2.01. The van der Waals surface area contributed by atoms with Gasteiger partial charge in [0.05, 0.1) is 17.1 Å². The summed E-state index contributed by atoms with van der Waals surface area (Å²) in [6, 6.07) is 8.83. The van der Waals surface area contributed by atoms with Gasteiger partial charge in [0.2, 0.25) is 5.88 Å². The molecule has 98 valence electrons. The van der Waals surface area contributed by atoms with Crippen LogP contribution in [-0.2, 0) is 4.74 Å². The maximum Gasteiger partial charge on any atom is 0.338 e. The number of pyridine rings is 1. The molecule has 0 bridgehead atoms. The van der Waals surface area contributed by atoms with Crippen LogP contribution in [0, 0.1) is 6.92 Å². The number of aryl methyl sites for hydroxylation is 1. The number of rotatable bonds is 3. The molecule has 0 unspecified atom stereocenters. The summed E-state index contributed by atoms with van der Waals surface area (Å²) in [6.45, 7) is 1.99. The quantitative estimate of drug-likeness (QED) is 0.808. The van der Waals surface area contributed by atoms with Crippen molar-refractivity contribution in [2.75, 3.05) is 7.11 Å². The summed E-state index contributed by atoms with van der Waals surface area (Å²) in [7, 11) is 1.33. The minimum atomic E-state index is -0.421. The van der Waals surface area contributed by atoms with Gasteiger partial charge in [-0.2, -0.15) is 0 Å². The highest BCUT2D eigenvalue weighted by Crippen LogP contribution is 2.29. The minimum Gasteiger partial charge on any atom is -0.465 e. The van der Waals surface area contributed by atoms with Gasteiger partial charge in [0.15, 0.2) is 0 Å². The second-order valence-electron chi connectivity index (χ2n) is 3.91. The zero-order chi connectivity index (χ0) is 13.8. The van der Waals surface area contributed by atoms with Crippen LogP contribution in [0.2, 0.25) is 0 Å². The molecule has 1 aromatic heterocycles. The van der Waals surface area contributed by atoms with E-state index in [1.807, 2.05) is 25.1 Å². The van der Waals surface area contributed by atoms with Crippen molar-refractivity contribution in [2.45, 2.75) is 6.92 Å². The van der Waals surface area contributed by atoms with E-state index in [0.717, 1.165) is 10.0 Å². The Labute approximate surface area is 119 Å². The molecule has 0 atom stereocenters. The number of aromatic nitrogens is 1. The Morgan fingerprint density at radius 3 is 2.74 bits per heavy atom. The van der Waals surface area contributed by atoms with Gasteiger partial charge in [-0.25, -0.2) is 9.78 Å². The Balaban J connectivity index is 2.26. The zero-order valence-corrected chi connectivity index (χ0v) is 12.1. The van der Waals surface area contributed by atoms with Crippen LogP contribution in [0.25, 0.3) is 0 Å². The first-order chi connectivity index (χ1) is 9.10. The van der Waals surface area contributed by atoms with Gasteiger partial charge in [0, 0.05) is 12.3 Å². The number of hydrogen-bond donors (Lipinski definition) is 0. The number of nitrogens with zero attached hydrogens (tertiary/aromatic N) is 1. The van der Waals surface area contributed by atoms with Gasteiger partial charge < -0.3 is 9.47 Å². The smallest absolute Gasteiger partial charge is 0.338 e. The summed E-state index contributed by atoms with van der Waals surface area (Å²) < 4.78 is 11.1. The largest absolute Gasteiger partial charge is 0.465 e. The molecular formula is C14H12BrNO3. The molecule has 2 aromatic rings. The van der Waals surface area contributed by atoms with Gasteiger partial charge >= 0.3 is 5.97 Å². The predicted molar refractivity (Wildman–Crippen MR) is 74.5 cm³/mol. The van der Waals surface area contributed by atoms with E-state index in [0.29, 0.717) is 17.2 Å². The van der Waals surface area contributed by atoms with E-state index in [2.05, 4.69) is 25.7 Å². The summed E-state index contributed by atoms with van der Waals surface area (Å²) >= 11 is 3.42. The van der Waals surface area contributed by atoms with Crippen molar-refractivity contribution in [1.29, 1.82) is 0 Å². The second kappa shape index (κ2) is 5.84. The number of ether oxygens (including phenoxy) is 2. The highest BCUT2D eigenvalue weighted by molar-refractivity contribution is 9.10. The van der Waals surface area contributed by atoms with Crippen molar-refractivity contribution in [3.05, 3.63) is 52.1 Å². The molecule has 5 heteroatoms. The van der Waals surface area contributed by atoms with E-state index in [4.69, 9.17) is 4.74 Å². The lowest BCUT2D eigenvalue weighted by Gasteiger charge is -2.08. The molecule has 1 aromatic carbocycles. The normalized spacial score (nSPS) is 10.1. The summed E-state index contributed by atoms with van der Waals surface area (Å²) in [5.41, 5.74) is 1.52. The standard InChI is InChI=1S/C14H12BrNO3/c1-9-3-4-12(11(15)7-9)19-13-8-10(5-6-16-13)14(17)18-2/h3-8H,1-2H3. The maximum absolute atomic E-state index is 11.4. The fourth-order valence-corrected chi connectivity index (χ4v) is 2.09. The van der Waals surface area contributed by atoms with Crippen molar-refractivity contribution in [1.82, 2.24) is 4.98 Å². The molecule has 0 aliphatic rings. The van der Waals surface area contributed by atoms with Gasteiger partial charge in [-0.15, -0.1) is 0 Å². The second-order valence-corrected chi connectivity index (χ2v) is 4.76. The number of halogens is 1. The van der Waals surface area contributed by atoms with Crippen molar-refractivity contribution in [3.8, 4) is 11.6 Å². The summed E-state index contributed by atoms with van der Waals surface area (Å²) in [4.78, 5) is 15.5. The SMILES string of the molecule is COC(=O)c1ccnc(Oc2ccc(C)cc2Br)c1. The number of carbonyl (C=O) groups excluding carboxylic acids is 1. The van der Waals surface area contributed by atoms with E-state index in [-0.39, 0.29) is 0 Å². The molecule has 0 radical (unpaired) electrons. The number of methoxy groups -OCH3 is 1. The van der Waals surface area contributed by atoms with Crippen LogP contribution in [0.5, 0.6) is 11.6 Å². The van der Waals surface area contributed by atoms with Gasteiger partial charge in [-0.3, -0.25) is 0 Å². The lowest BCUT2D eigenvalue weighted by atomic mass is 10.2. The minimum absolute atomic E-state index is 0.340. The third-order valence-corrected chi connectivity index (χ3v) is 3.08. The number of carbonyl (C=O) groups is 1. The molecule has 0 fully saturated rings. The highest BCUT2D eigenvalue weighted by atomic mass is 79.9. The molecule has 0 N–H and O–H groups in total.